The normalized spacial score (nSPS) is 18.3. The number of hydrogen-bond acceptors (Lipinski definition) is 24. The Morgan fingerprint density at radius 3 is 0.711 bits per heavy atom. The summed E-state index contributed by atoms with van der Waals surface area (Å²) in [5, 5.41) is 17.9. The van der Waals surface area contributed by atoms with E-state index < -0.39 is 76.6 Å². The SMILES string of the molecule is O=P(CC[C@H]1O[C@H](OCCCCn2cc(CCCOCCCCOCCCCOCCCCOCCCc3cn(CCCCO[C@H]4O[C@H](CCP(=O)(OCc5ccccc5)OCc5ccccc5)[C@@H](OCc5ccccc5)[C@H](OCc5ccccc5)[C@@H]4OCc4ccccc4)nn3)nn2)[C@@H](OCc2ccccc2)[C@@H](OCc2ccccc2)[C@@H]1OCc1ccccc1)(OCc1ccccc1)OCc1ccccc1. The van der Waals surface area contributed by atoms with Crippen LogP contribution in [0.25, 0.3) is 0 Å². The van der Waals surface area contributed by atoms with E-state index in [2.05, 4.69) is 20.6 Å². The molecule has 10 atom stereocenters. The van der Waals surface area contributed by atoms with Crippen LogP contribution in [0.2, 0.25) is 0 Å². The molecule has 0 amide bonds. The van der Waals surface area contributed by atoms with Crippen LogP contribution in [0.5, 0.6) is 0 Å². The maximum Gasteiger partial charge on any atom is 0.331 e. The molecule has 0 bridgehead atoms. The Labute approximate surface area is 838 Å². The highest BCUT2D eigenvalue weighted by molar-refractivity contribution is 7.54. The minimum atomic E-state index is -3.78. The van der Waals surface area contributed by atoms with Gasteiger partial charge in [-0.05, 0) is 158 Å². The van der Waals surface area contributed by atoms with E-state index >= 15 is 9.13 Å². The Balaban J connectivity index is 0.452. The minimum absolute atomic E-state index is 0.0340. The second-order valence-corrected chi connectivity index (χ2v) is 40.2. The van der Waals surface area contributed by atoms with Crippen molar-refractivity contribution in [3.8, 4) is 0 Å². The van der Waals surface area contributed by atoms with E-state index in [4.69, 9.17) is 84.4 Å². The molecule has 0 unspecified atom stereocenters. The second-order valence-electron chi connectivity index (χ2n) is 35.8. The van der Waals surface area contributed by atoms with E-state index in [1.54, 1.807) is 0 Å². The lowest BCUT2D eigenvalue weighted by Gasteiger charge is -2.46. The average Bonchev–Trinajstić information content (AvgIpc) is 0.869. The van der Waals surface area contributed by atoms with E-state index in [1.807, 2.05) is 325 Å². The summed E-state index contributed by atoms with van der Waals surface area (Å²) in [6.07, 6.45) is 8.99. The predicted molar refractivity (Wildman–Crippen MR) is 545 cm³/mol. The van der Waals surface area contributed by atoms with E-state index in [0.29, 0.717) is 78.8 Å². The van der Waals surface area contributed by atoms with Crippen molar-refractivity contribution >= 4 is 15.2 Å². The molecular weight excluding hydrogens is 1840 g/mol. The maximum absolute atomic E-state index is 15.1. The van der Waals surface area contributed by atoms with E-state index in [9.17, 15) is 0 Å². The fraction of sp³-hybridized carbons (Fsp3) is 0.439. The van der Waals surface area contributed by atoms with Gasteiger partial charge in [-0.15, -0.1) is 10.2 Å². The first-order chi connectivity index (χ1) is 70.1. The monoisotopic (exact) mass is 1980 g/mol. The van der Waals surface area contributed by atoms with Crippen molar-refractivity contribution in [2.45, 2.75) is 243 Å². The van der Waals surface area contributed by atoms with Crippen LogP contribution < -0.4 is 0 Å². The van der Waals surface area contributed by atoms with Crippen molar-refractivity contribution in [3.05, 3.63) is 383 Å². The Morgan fingerprint density at radius 1 is 0.239 bits per heavy atom. The van der Waals surface area contributed by atoms with Crippen LogP contribution in [-0.4, -0.2) is 170 Å². The van der Waals surface area contributed by atoms with Crippen molar-refractivity contribution in [3.63, 3.8) is 0 Å². The molecule has 0 saturated carbocycles. The molecule has 28 heteroatoms. The van der Waals surface area contributed by atoms with Gasteiger partial charge in [0.15, 0.2) is 12.6 Å². The lowest BCUT2D eigenvalue weighted by atomic mass is 9.96. The molecule has 10 aromatic carbocycles. The topological polar surface area (TPSA) is 262 Å². The van der Waals surface area contributed by atoms with Gasteiger partial charge in [-0.25, -0.2) is 0 Å². The summed E-state index contributed by atoms with van der Waals surface area (Å²) in [7, 11) is -7.56. The zero-order valence-electron chi connectivity index (χ0n) is 81.8. The summed E-state index contributed by atoms with van der Waals surface area (Å²) in [4.78, 5) is 0. The highest BCUT2D eigenvalue weighted by Crippen LogP contribution is 2.53. The molecule has 0 aliphatic carbocycles. The average molecular weight is 1980 g/mol. The van der Waals surface area contributed by atoms with Gasteiger partial charge in [-0.1, -0.05) is 314 Å². The molecule has 0 spiro atoms. The molecule has 4 heterocycles. The van der Waals surface area contributed by atoms with Gasteiger partial charge in [0.2, 0.25) is 0 Å². The number of rotatable bonds is 71. The number of benzene rings is 10. The van der Waals surface area contributed by atoms with Gasteiger partial charge >= 0.3 is 15.2 Å². The minimum Gasteiger partial charge on any atom is -0.381 e. The van der Waals surface area contributed by atoms with Crippen LogP contribution in [0.3, 0.4) is 0 Å². The summed E-state index contributed by atoms with van der Waals surface area (Å²) in [5.41, 5.74) is 11.3. The zero-order chi connectivity index (χ0) is 97.5. The number of nitrogens with zero attached hydrogens (tertiary/aromatic N) is 6. The third-order valence-electron chi connectivity index (χ3n) is 24.6. The van der Waals surface area contributed by atoms with Crippen LogP contribution in [0.1, 0.15) is 157 Å². The third-order valence-corrected chi connectivity index (χ3v) is 28.3. The van der Waals surface area contributed by atoms with Crippen LogP contribution >= 0.6 is 15.2 Å². The van der Waals surface area contributed by atoms with Gasteiger partial charge in [0.1, 0.15) is 36.6 Å². The quantitative estimate of drug-likeness (QED) is 0.0253. The molecule has 12 aromatic rings. The molecule has 0 N–H and O–H groups in total. The number of unbranched alkanes of at least 4 members (excludes halogenated alkanes) is 5. The molecule has 14 rings (SSSR count). The molecule has 2 aromatic heterocycles. The smallest absolute Gasteiger partial charge is 0.331 e. The molecule has 26 nitrogen and oxygen atoms in total. The molecule has 0 radical (unpaired) electrons. The van der Waals surface area contributed by atoms with Gasteiger partial charge in [0, 0.05) is 91.6 Å². The largest absolute Gasteiger partial charge is 0.381 e. The zero-order valence-corrected chi connectivity index (χ0v) is 83.6. The number of hydrogen-bond donors (Lipinski definition) is 0. The van der Waals surface area contributed by atoms with E-state index in [-0.39, 0.29) is 91.2 Å². The van der Waals surface area contributed by atoms with Crippen LogP contribution in [0, 0.1) is 0 Å². The molecule has 142 heavy (non-hydrogen) atoms. The fourth-order valence-electron chi connectivity index (χ4n) is 16.7. The third kappa shape index (κ3) is 39.3. The van der Waals surface area contributed by atoms with Gasteiger partial charge in [-0.3, -0.25) is 18.5 Å². The summed E-state index contributed by atoms with van der Waals surface area (Å²) < 4.78 is 153. The second kappa shape index (κ2) is 62.8. The molecule has 2 saturated heterocycles. The lowest BCUT2D eigenvalue weighted by Crippen LogP contribution is -2.61. The molecular formula is C114H142N6O20P2. The van der Waals surface area contributed by atoms with Gasteiger partial charge in [-0.2, -0.15) is 0 Å². The molecule has 2 fully saturated rings. The van der Waals surface area contributed by atoms with Crippen molar-refractivity contribution in [2.24, 2.45) is 0 Å². The van der Waals surface area contributed by atoms with Crippen LogP contribution in [0.4, 0.5) is 0 Å². The summed E-state index contributed by atoms with van der Waals surface area (Å²) >= 11 is 0. The Hall–Kier alpha value is -9.78. The number of aryl methyl sites for hydroxylation is 4. The molecule has 2 aliphatic rings. The van der Waals surface area contributed by atoms with Gasteiger partial charge in [0.05, 0.1) is 102 Å². The van der Waals surface area contributed by atoms with E-state index in [1.165, 1.54) is 0 Å². The number of aromatic nitrogens is 6. The summed E-state index contributed by atoms with van der Waals surface area (Å²) in [5.74, 6) is 0. The Bertz CT molecular complexity index is 4970. The fourth-order valence-corrected chi connectivity index (χ4v) is 19.9. The standard InChI is InChI=1S/C114H142N6O20P2/c121-141(135-89-99-55-23-7-24-56-99,136-90-100-57-25-8-26-58-100)79-65-105-107(129-83-93-43-11-1-12-44-93)109(131-85-95-47-15-3-16-48-95)111(133-87-97-51-19-5-20-52-97)113(139-105)127-77-33-31-67-119-81-103(115-117-119)63-41-75-125-73-39-37-71-123-69-35-36-70-124-72-38-40-74-126-76-42-64-104-82-120(118-116-104)68-32-34-78-128-114-112(134-88-98-53-21-6-22-54-98)110(132-86-96-49-17-4-18-50-96)108(130-84-94-45-13-2-14-46-94)106(140-114)66-80-142(122,137-91-101-59-27-9-28-60-101)138-92-102-61-29-10-30-62-102/h1-30,43-62,81-82,105-114H,31-42,63-80,83-92H2/t105-,106-,107-,108-,109+,110+,111+,112+,113+,114+/m1/s1. The van der Waals surface area contributed by atoms with Gasteiger partial charge < -0.3 is 84.4 Å². The first-order valence-electron chi connectivity index (χ1n) is 50.6. The molecule has 2 aliphatic heterocycles. The van der Waals surface area contributed by atoms with E-state index in [0.717, 1.165) is 157 Å². The lowest BCUT2D eigenvalue weighted by molar-refractivity contribution is -0.323. The highest BCUT2D eigenvalue weighted by atomic mass is 31.2. The van der Waals surface area contributed by atoms with Crippen LogP contribution in [0.15, 0.2) is 316 Å². The van der Waals surface area contributed by atoms with Gasteiger partial charge in [0.25, 0.3) is 0 Å². The van der Waals surface area contributed by atoms with Crippen molar-refractivity contribution in [1.82, 2.24) is 30.0 Å². The summed E-state index contributed by atoms with van der Waals surface area (Å²) in [6.45, 7) is 9.59. The van der Waals surface area contributed by atoms with Crippen LogP contribution in [-0.2, 0) is 186 Å². The first kappa shape index (κ1) is 108. The number of ether oxygens (including phenoxy) is 14. The highest BCUT2D eigenvalue weighted by Gasteiger charge is 2.52. The summed E-state index contributed by atoms with van der Waals surface area (Å²) in [6, 6.07) is 99.0. The first-order valence-corrected chi connectivity index (χ1v) is 54.1. The van der Waals surface area contributed by atoms with Crippen molar-refractivity contribution in [2.75, 3.05) is 78.4 Å². The maximum atomic E-state index is 15.1. The van der Waals surface area contributed by atoms with Crippen molar-refractivity contribution < 1.29 is 93.5 Å². The Morgan fingerprint density at radius 2 is 0.458 bits per heavy atom. The predicted octanol–water partition coefficient (Wildman–Crippen LogP) is 22.4. The molecule has 758 valence electrons. The Kier molecular flexibility index (Phi) is 47.8. The van der Waals surface area contributed by atoms with Crippen molar-refractivity contribution in [1.29, 1.82) is 0 Å².